The molecule has 0 bridgehead atoms. The molecule has 1 aromatic heterocycles. The highest BCUT2D eigenvalue weighted by Crippen LogP contribution is 2.02. The molecule has 0 amide bonds. The van der Waals surface area contributed by atoms with E-state index in [-0.39, 0.29) is 5.69 Å². The van der Waals surface area contributed by atoms with Crippen LogP contribution in [-0.4, -0.2) is 4.98 Å². The molecule has 1 nitrogen and oxygen atoms in total. The third-order valence-corrected chi connectivity index (χ3v) is 1.31. The number of aromatic nitrogens is 1. The minimum absolute atomic E-state index is 0.124. The van der Waals surface area contributed by atoms with Gasteiger partial charge < -0.3 is 0 Å². The zero-order valence-electron chi connectivity index (χ0n) is 8.21. The zero-order chi connectivity index (χ0) is 9.90. The second-order valence-electron chi connectivity index (χ2n) is 1.77. The van der Waals surface area contributed by atoms with Gasteiger partial charge in [0.05, 0.1) is 0 Å². The van der Waals surface area contributed by atoms with Crippen molar-refractivity contribution in [2.24, 2.45) is 0 Å². The van der Waals surface area contributed by atoms with E-state index in [4.69, 9.17) is 4.11 Å². The summed E-state index contributed by atoms with van der Waals surface area (Å²) in [5.74, 6) is 0. The van der Waals surface area contributed by atoms with Gasteiger partial charge in [-0.3, -0.25) is 4.98 Å². The molecule has 0 aliphatic carbocycles. The molecule has 0 atom stereocenters. The molecule has 0 spiro atoms. The van der Waals surface area contributed by atoms with Crippen LogP contribution in [0, 0.1) is 6.85 Å². The normalized spacial score (nSPS) is 16.3. The Hall–Kier alpha value is -0.630. The van der Waals surface area contributed by atoms with Gasteiger partial charge in [-0.05, 0) is 29.5 Å². The zero-order valence-corrected chi connectivity index (χ0v) is 6.80. The first-order chi connectivity index (χ1) is 6.04. The fourth-order valence-corrected chi connectivity index (χ4v) is 0.882. The maximum absolute atomic E-state index is 7.09. The van der Waals surface area contributed by atoms with E-state index in [0.717, 1.165) is 5.56 Å². The van der Waals surface area contributed by atoms with Crippen molar-refractivity contribution in [3.63, 3.8) is 0 Å². The lowest BCUT2D eigenvalue weighted by Gasteiger charge is -1.91. The molecular weight excluding hydrogens is 190 g/mol. The third-order valence-electron chi connectivity index (χ3n) is 1.04. The average Bonchev–Trinajstić information content (AvgIpc) is 2.04. The van der Waals surface area contributed by atoms with Gasteiger partial charge >= 0.3 is 0 Å². The Bertz CT molecular complexity index is 302. The van der Waals surface area contributed by atoms with Crippen molar-refractivity contribution >= 4 is 22.0 Å². The summed E-state index contributed by atoms with van der Waals surface area (Å²) in [7, 11) is 0. The maximum Gasteiger partial charge on any atom is 0.0373 e. The van der Waals surface area contributed by atoms with E-state index in [9.17, 15) is 0 Å². The van der Waals surface area contributed by atoms with E-state index in [1.165, 1.54) is 12.3 Å². The van der Waals surface area contributed by atoms with Crippen LogP contribution in [0.4, 0.5) is 0 Å². The predicted octanol–water partition coefficient (Wildman–Crippen LogP) is 2.76. The van der Waals surface area contributed by atoms with Crippen LogP contribution in [0.15, 0.2) is 23.3 Å². The average molecular weight is 201 g/mol. The van der Waals surface area contributed by atoms with Crippen LogP contribution in [0.2, 0.25) is 0 Å². The molecular formula is C8H8BrN. The van der Waals surface area contributed by atoms with Crippen LogP contribution in [0.25, 0.3) is 6.08 Å². The number of halogens is 1. The fraction of sp³-hybridized carbons (Fsp3) is 0.125. The summed E-state index contributed by atoms with van der Waals surface area (Å²) in [4.78, 5) is 5.53. The number of nitrogens with zero attached hydrogens (tertiary/aromatic N) is 1. The molecule has 0 aliphatic rings. The highest BCUT2D eigenvalue weighted by molar-refractivity contribution is 9.11. The summed E-state index contributed by atoms with van der Waals surface area (Å²) in [5, 5.41) is 0. The molecule has 0 N–H and O–H groups in total. The lowest BCUT2D eigenvalue weighted by molar-refractivity contribution is 1.19. The molecule has 0 aliphatic heterocycles. The summed E-state index contributed by atoms with van der Waals surface area (Å²) in [6, 6.07) is 3.22. The molecule has 10 heavy (non-hydrogen) atoms. The molecule has 52 valence electrons. The quantitative estimate of drug-likeness (QED) is 0.680. The number of pyridine rings is 1. The van der Waals surface area contributed by atoms with E-state index in [1.54, 1.807) is 17.1 Å². The van der Waals surface area contributed by atoms with Gasteiger partial charge in [-0.15, -0.1) is 0 Å². The van der Waals surface area contributed by atoms with Crippen molar-refractivity contribution in [3.05, 3.63) is 34.6 Å². The van der Waals surface area contributed by atoms with Crippen molar-refractivity contribution < 1.29 is 4.11 Å². The van der Waals surface area contributed by atoms with E-state index in [1.807, 2.05) is 0 Å². The van der Waals surface area contributed by atoms with Gasteiger partial charge in [0.1, 0.15) is 0 Å². The van der Waals surface area contributed by atoms with E-state index < -0.39 is 6.85 Å². The van der Waals surface area contributed by atoms with Crippen molar-refractivity contribution in [1.29, 1.82) is 0 Å². The SMILES string of the molecule is [2H]C([2H])([2H])c1ccc(/C=C\Br)cn1. The largest absolute Gasteiger partial charge is 0.261 e. The lowest BCUT2D eigenvalue weighted by atomic mass is 10.2. The number of aryl methyl sites for hydroxylation is 1. The molecule has 2 heteroatoms. The molecule has 1 heterocycles. The summed E-state index contributed by atoms with van der Waals surface area (Å²) in [6.07, 6.45) is 3.32. The highest BCUT2D eigenvalue weighted by Gasteiger charge is 1.84. The first-order valence-corrected chi connectivity index (χ1v) is 3.69. The molecule has 1 aromatic rings. The number of rotatable bonds is 1. The topological polar surface area (TPSA) is 12.9 Å². The van der Waals surface area contributed by atoms with Crippen LogP contribution < -0.4 is 0 Å². The lowest BCUT2D eigenvalue weighted by Crippen LogP contribution is -1.79. The van der Waals surface area contributed by atoms with E-state index in [0.29, 0.717) is 0 Å². The van der Waals surface area contributed by atoms with Gasteiger partial charge in [0.15, 0.2) is 0 Å². The summed E-state index contributed by atoms with van der Waals surface area (Å²) < 4.78 is 21.3. The Balaban J connectivity index is 2.94. The minimum atomic E-state index is -2.11. The minimum Gasteiger partial charge on any atom is -0.261 e. The number of hydrogen-bond acceptors (Lipinski definition) is 1. The molecule has 0 fully saturated rings. The Morgan fingerprint density at radius 3 is 3.10 bits per heavy atom. The van der Waals surface area contributed by atoms with Crippen LogP contribution >= 0.6 is 15.9 Å². The van der Waals surface area contributed by atoms with Gasteiger partial charge in [0.2, 0.25) is 0 Å². The Morgan fingerprint density at radius 1 is 1.70 bits per heavy atom. The Labute approximate surface area is 73.1 Å². The van der Waals surface area contributed by atoms with Crippen molar-refractivity contribution in [2.45, 2.75) is 6.85 Å². The van der Waals surface area contributed by atoms with Crippen molar-refractivity contribution in [2.75, 3.05) is 0 Å². The van der Waals surface area contributed by atoms with Crippen molar-refractivity contribution in [3.8, 4) is 0 Å². The van der Waals surface area contributed by atoms with Gasteiger partial charge in [-0.1, -0.05) is 22.0 Å². The first-order valence-electron chi connectivity index (χ1n) is 4.27. The summed E-state index contributed by atoms with van der Waals surface area (Å²) >= 11 is 3.12. The smallest absolute Gasteiger partial charge is 0.0373 e. The van der Waals surface area contributed by atoms with Gasteiger partial charge in [0, 0.05) is 16.0 Å². The van der Waals surface area contributed by atoms with E-state index >= 15 is 0 Å². The Kier molecular flexibility index (Phi) is 1.51. The molecule has 1 rings (SSSR count). The highest BCUT2D eigenvalue weighted by atomic mass is 79.9. The van der Waals surface area contributed by atoms with Gasteiger partial charge in [0.25, 0.3) is 0 Å². The molecule has 0 unspecified atom stereocenters. The molecule has 0 saturated carbocycles. The van der Waals surface area contributed by atoms with Crippen LogP contribution in [0.1, 0.15) is 15.4 Å². The van der Waals surface area contributed by atoms with Crippen LogP contribution in [-0.2, 0) is 0 Å². The second-order valence-corrected chi connectivity index (χ2v) is 2.30. The maximum atomic E-state index is 7.09. The van der Waals surface area contributed by atoms with Crippen LogP contribution in [0.5, 0.6) is 0 Å². The fourth-order valence-electron chi connectivity index (χ4n) is 0.577. The number of hydrogen-bond donors (Lipinski definition) is 0. The summed E-state index contributed by atoms with van der Waals surface area (Å²) in [5.41, 5.74) is 0.990. The van der Waals surface area contributed by atoms with Crippen molar-refractivity contribution in [1.82, 2.24) is 4.98 Å². The molecule has 0 radical (unpaired) electrons. The predicted molar refractivity (Wildman–Crippen MR) is 46.9 cm³/mol. The van der Waals surface area contributed by atoms with E-state index in [2.05, 4.69) is 20.9 Å². The monoisotopic (exact) mass is 200 g/mol. The summed E-state index contributed by atoms with van der Waals surface area (Å²) in [6.45, 7) is -2.11. The first kappa shape index (κ1) is 4.29. The second kappa shape index (κ2) is 3.52. The Morgan fingerprint density at radius 2 is 2.60 bits per heavy atom. The molecule has 0 saturated heterocycles. The van der Waals surface area contributed by atoms with Gasteiger partial charge in [-0.2, -0.15) is 0 Å². The van der Waals surface area contributed by atoms with Crippen LogP contribution in [0.3, 0.4) is 0 Å². The van der Waals surface area contributed by atoms with Gasteiger partial charge in [-0.25, -0.2) is 0 Å². The molecule has 0 aromatic carbocycles. The third kappa shape index (κ3) is 1.95. The standard InChI is InChI=1S/C8H8BrN/c1-7-2-3-8(4-5-9)6-10-7/h2-6H,1H3/b5-4-/i1D3.